The molecule has 0 atom stereocenters. The summed E-state index contributed by atoms with van der Waals surface area (Å²) in [5, 5.41) is 13.1. The van der Waals surface area contributed by atoms with E-state index in [0.29, 0.717) is 30.0 Å². The quantitative estimate of drug-likeness (QED) is 0.421. The molecule has 9 heteroatoms. The van der Waals surface area contributed by atoms with E-state index >= 15 is 0 Å². The number of anilines is 3. The van der Waals surface area contributed by atoms with Gasteiger partial charge in [-0.15, -0.1) is 5.10 Å². The summed E-state index contributed by atoms with van der Waals surface area (Å²) in [7, 11) is 0. The number of hydrogen-bond acceptors (Lipinski definition) is 7. The van der Waals surface area contributed by atoms with E-state index in [9.17, 15) is 4.39 Å². The number of hydrogen-bond donors (Lipinski definition) is 3. The first kappa shape index (κ1) is 18.4. The van der Waals surface area contributed by atoms with E-state index in [4.69, 9.17) is 4.74 Å². The molecule has 0 bridgehead atoms. The molecular weight excluding hydrogens is 373 g/mol. The molecule has 0 unspecified atom stereocenters. The Morgan fingerprint density at radius 1 is 1.00 bits per heavy atom. The average molecular weight is 391 g/mol. The number of aromatic nitrogens is 5. The van der Waals surface area contributed by atoms with E-state index in [1.165, 1.54) is 12.1 Å². The van der Waals surface area contributed by atoms with Crippen LogP contribution in [-0.4, -0.2) is 25.1 Å². The monoisotopic (exact) mass is 391 g/mol. The number of H-pyrrole nitrogens is 1. The van der Waals surface area contributed by atoms with Crippen molar-refractivity contribution >= 4 is 17.6 Å². The number of nitrogens with zero attached hydrogens (tertiary/aromatic N) is 4. The van der Waals surface area contributed by atoms with Crippen LogP contribution in [0.3, 0.4) is 0 Å². The Kier molecular flexibility index (Phi) is 5.56. The first-order valence-corrected chi connectivity index (χ1v) is 8.91. The number of nitrogens with one attached hydrogen (secondary N) is 3. The molecule has 146 valence electrons. The molecule has 0 saturated heterocycles. The predicted molar refractivity (Wildman–Crippen MR) is 106 cm³/mol. The molecule has 0 aliphatic carbocycles. The lowest BCUT2D eigenvalue weighted by atomic mass is 10.2. The van der Waals surface area contributed by atoms with Crippen molar-refractivity contribution in [2.45, 2.75) is 13.2 Å². The Balaban J connectivity index is 1.33. The Bertz CT molecular complexity index is 1070. The maximum atomic E-state index is 13.2. The minimum Gasteiger partial charge on any atom is -0.472 e. The third-order valence-electron chi connectivity index (χ3n) is 3.90. The summed E-state index contributed by atoms with van der Waals surface area (Å²) in [4.78, 5) is 12.9. The first-order chi connectivity index (χ1) is 14.2. The molecule has 29 heavy (non-hydrogen) atoms. The van der Waals surface area contributed by atoms with Crippen molar-refractivity contribution in [3.63, 3.8) is 0 Å². The largest absolute Gasteiger partial charge is 0.472 e. The minimum atomic E-state index is -0.299. The van der Waals surface area contributed by atoms with Crippen LogP contribution in [0.25, 0.3) is 0 Å². The molecule has 4 rings (SSSR count). The zero-order valence-corrected chi connectivity index (χ0v) is 15.3. The molecule has 8 nitrogen and oxygen atoms in total. The van der Waals surface area contributed by atoms with Gasteiger partial charge in [-0.3, -0.25) is 10.1 Å². The Labute approximate surface area is 166 Å². The van der Waals surface area contributed by atoms with Gasteiger partial charge in [-0.25, -0.2) is 9.37 Å². The highest BCUT2D eigenvalue weighted by Crippen LogP contribution is 2.18. The summed E-state index contributed by atoms with van der Waals surface area (Å²) in [5.74, 6) is 1.76. The molecule has 0 aliphatic heterocycles. The second-order valence-electron chi connectivity index (χ2n) is 6.10. The molecule has 0 fully saturated rings. The van der Waals surface area contributed by atoms with Crippen LogP contribution in [0, 0.1) is 5.82 Å². The summed E-state index contributed by atoms with van der Waals surface area (Å²) in [5.41, 5.74) is 1.62. The number of rotatable bonds is 8. The molecule has 3 aromatic heterocycles. The Hall–Kier alpha value is -4.01. The molecule has 1 aromatic carbocycles. The van der Waals surface area contributed by atoms with Gasteiger partial charge in [0.15, 0.2) is 0 Å². The molecular formula is C20H18FN7O. The summed E-state index contributed by atoms with van der Waals surface area (Å²) in [6.45, 7) is 0.740. The van der Waals surface area contributed by atoms with Gasteiger partial charge in [0.25, 0.3) is 0 Å². The number of benzene rings is 1. The minimum absolute atomic E-state index is 0.219. The van der Waals surface area contributed by atoms with Gasteiger partial charge in [-0.1, -0.05) is 18.2 Å². The SMILES string of the molecule is Fc1cccc(COc2cc(Nc3ccnc(NCc4ccccn4)n3)[nH]n2)c1. The maximum Gasteiger partial charge on any atom is 0.235 e. The van der Waals surface area contributed by atoms with Crippen LogP contribution in [-0.2, 0) is 13.2 Å². The molecule has 3 heterocycles. The zero-order valence-electron chi connectivity index (χ0n) is 15.3. The smallest absolute Gasteiger partial charge is 0.235 e. The highest BCUT2D eigenvalue weighted by Gasteiger charge is 2.06. The van der Waals surface area contributed by atoms with Crippen molar-refractivity contribution < 1.29 is 9.13 Å². The Morgan fingerprint density at radius 2 is 1.97 bits per heavy atom. The van der Waals surface area contributed by atoms with E-state index in [1.807, 2.05) is 18.2 Å². The lowest BCUT2D eigenvalue weighted by Gasteiger charge is -2.06. The van der Waals surface area contributed by atoms with Crippen molar-refractivity contribution in [3.05, 3.63) is 84.1 Å². The highest BCUT2D eigenvalue weighted by molar-refractivity contribution is 5.53. The molecule has 0 aliphatic rings. The van der Waals surface area contributed by atoms with Crippen molar-refractivity contribution in [2.75, 3.05) is 10.6 Å². The molecule has 0 spiro atoms. The summed E-state index contributed by atoms with van der Waals surface area (Å²) >= 11 is 0. The van der Waals surface area contributed by atoms with Crippen LogP contribution in [0.4, 0.5) is 22.0 Å². The van der Waals surface area contributed by atoms with Crippen molar-refractivity contribution in [1.82, 2.24) is 25.1 Å². The van der Waals surface area contributed by atoms with Gasteiger partial charge in [-0.2, -0.15) is 4.98 Å². The van der Waals surface area contributed by atoms with Crippen molar-refractivity contribution in [2.24, 2.45) is 0 Å². The van der Waals surface area contributed by atoms with E-state index in [0.717, 1.165) is 11.3 Å². The lowest BCUT2D eigenvalue weighted by Crippen LogP contribution is -2.06. The highest BCUT2D eigenvalue weighted by atomic mass is 19.1. The van der Waals surface area contributed by atoms with Crippen molar-refractivity contribution in [3.8, 4) is 5.88 Å². The normalized spacial score (nSPS) is 10.5. The third-order valence-corrected chi connectivity index (χ3v) is 3.90. The summed E-state index contributed by atoms with van der Waals surface area (Å²) < 4.78 is 18.8. The second-order valence-corrected chi connectivity index (χ2v) is 6.10. The molecule has 4 aromatic rings. The molecule has 0 saturated carbocycles. The average Bonchev–Trinajstić information content (AvgIpc) is 3.19. The fourth-order valence-electron chi connectivity index (χ4n) is 2.55. The van der Waals surface area contributed by atoms with Crippen LogP contribution >= 0.6 is 0 Å². The fraction of sp³-hybridized carbons (Fsp3) is 0.100. The fourth-order valence-corrected chi connectivity index (χ4v) is 2.55. The van der Waals surface area contributed by atoms with Gasteiger partial charge in [0, 0.05) is 18.5 Å². The molecule has 0 radical (unpaired) electrons. The number of ether oxygens (including phenoxy) is 1. The summed E-state index contributed by atoms with van der Waals surface area (Å²) in [6, 6.07) is 15.4. The van der Waals surface area contributed by atoms with Crippen LogP contribution in [0.15, 0.2) is 67.0 Å². The van der Waals surface area contributed by atoms with E-state index in [-0.39, 0.29) is 12.4 Å². The van der Waals surface area contributed by atoms with Gasteiger partial charge in [0.05, 0.1) is 12.2 Å². The molecule has 0 amide bonds. The van der Waals surface area contributed by atoms with Crippen LogP contribution < -0.4 is 15.4 Å². The van der Waals surface area contributed by atoms with Crippen LogP contribution in [0.1, 0.15) is 11.3 Å². The first-order valence-electron chi connectivity index (χ1n) is 8.91. The van der Waals surface area contributed by atoms with E-state index < -0.39 is 0 Å². The second kappa shape index (κ2) is 8.79. The van der Waals surface area contributed by atoms with Crippen LogP contribution in [0.5, 0.6) is 5.88 Å². The van der Waals surface area contributed by atoms with Gasteiger partial charge in [0.1, 0.15) is 24.1 Å². The van der Waals surface area contributed by atoms with Crippen LogP contribution in [0.2, 0.25) is 0 Å². The third kappa shape index (κ3) is 5.25. The zero-order chi connectivity index (χ0) is 19.9. The van der Waals surface area contributed by atoms with E-state index in [1.54, 1.807) is 36.7 Å². The summed E-state index contributed by atoms with van der Waals surface area (Å²) in [6.07, 6.45) is 3.38. The topological polar surface area (TPSA) is 101 Å². The lowest BCUT2D eigenvalue weighted by molar-refractivity contribution is 0.293. The standard InChI is InChI=1S/C20H18FN7O/c21-15-5-3-4-14(10-15)13-29-19-11-18(27-28-19)25-17-7-9-23-20(26-17)24-12-16-6-1-2-8-22-16/h1-11H,12-13H2,(H3,23,24,25,26,27,28). The van der Waals surface area contributed by atoms with Gasteiger partial charge >= 0.3 is 0 Å². The number of aromatic amines is 1. The van der Waals surface area contributed by atoms with Crippen molar-refractivity contribution in [1.29, 1.82) is 0 Å². The van der Waals surface area contributed by atoms with Gasteiger partial charge in [0.2, 0.25) is 11.8 Å². The van der Waals surface area contributed by atoms with Gasteiger partial charge < -0.3 is 15.4 Å². The van der Waals surface area contributed by atoms with Gasteiger partial charge in [-0.05, 0) is 35.9 Å². The Morgan fingerprint density at radius 3 is 2.83 bits per heavy atom. The maximum absolute atomic E-state index is 13.2. The molecule has 3 N–H and O–H groups in total. The van der Waals surface area contributed by atoms with E-state index in [2.05, 4.69) is 35.8 Å². The predicted octanol–water partition coefficient (Wildman–Crippen LogP) is 3.67. The number of pyridine rings is 1. The number of halogens is 1.